The highest BCUT2D eigenvalue weighted by atomic mass is 16.5. The molecule has 0 fully saturated rings. The fraction of sp³-hybridized carbons (Fsp3) is 0.300. The number of phenolic OH excluding ortho intramolecular Hbond substituents is 3. The van der Waals surface area contributed by atoms with Crippen LogP contribution in [0.15, 0.2) is 60.8 Å². The summed E-state index contributed by atoms with van der Waals surface area (Å²) in [6.07, 6.45) is 3.72. The molecule has 200 valence electrons. The molecule has 0 aliphatic rings. The number of fused-ring (bicyclic) bond motifs is 1. The number of aromatic nitrogens is 1. The topological polar surface area (TPSA) is 121 Å². The molecule has 3 aromatic carbocycles. The number of esters is 1. The molecule has 1 aromatic heterocycles. The summed E-state index contributed by atoms with van der Waals surface area (Å²) in [6.45, 7) is 2.05. The first kappa shape index (κ1) is 26.9. The molecule has 4 aromatic rings. The number of benzene rings is 3. The first-order valence-electron chi connectivity index (χ1n) is 12.6. The van der Waals surface area contributed by atoms with Crippen molar-refractivity contribution in [3.63, 3.8) is 0 Å². The van der Waals surface area contributed by atoms with E-state index in [1.54, 1.807) is 60.8 Å². The normalized spacial score (nSPS) is 12.0. The standard InChI is InChI=1S/C30H33NO7/c1-3-4-6-19-11-28(34)26(29(35)12-19)17-31-16-21(25-15-22(32)9-10-27(25)31)13-23(33)18-38-30(36)20-7-5-8-24(14-20)37-2/h5,7-12,14-16,23,32-35H,3-4,6,13,17-18H2,1-2H3. The number of rotatable bonds is 11. The molecule has 38 heavy (non-hydrogen) atoms. The highest BCUT2D eigenvalue weighted by Crippen LogP contribution is 2.33. The van der Waals surface area contributed by atoms with Gasteiger partial charge in [0, 0.05) is 23.5 Å². The minimum absolute atomic E-state index is 0.0165. The van der Waals surface area contributed by atoms with E-state index in [1.165, 1.54) is 7.11 Å². The lowest BCUT2D eigenvalue weighted by Crippen LogP contribution is -2.21. The quantitative estimate of drug-likeness (QED) is 0.208. The fourth-order valence-corrected chi connectivity index (χ4v) is 4.53. The Bertz CT molecular complexity index is 1400. The summed E-state index contributed by atoms with van der Waals surface area (Å²) in [4.78, 5) is 12.4. The van der Waals surface area contributed by atoms with Gasteiger partial charge in [0.1, 0.15) is 29.6 Å². The number of carbonyl (C=O) groups is 1. The molecule has 1 heterocycles. The summed E-state index contributed by atoms with van der Waals surface area (Å²) < 4.78 is 12.3. The largest absolute Gasteiger partial charge is 0.508 e. The molecule has 0 bridgehead atoms. The van der Waals surface area contributed by atoms with Gasteiger partial charge in [-0.15, -0.1) is 0 Å². The van der Waals surface area contributed by atoms with Crippen molar-refractivity contribution in [2.75, 3.05) is 13.7 Å². The predicted octanol–water partition coefficient (Wildman–Crippen LogP) is 4.92. The van der Waals surface area contributed by atoms with Crippen LogP contribution in [-0.2, 0) is 24.1 Å². The van der Waals surface area contributed by atoms with Crippen LogP contribution >= 0.6 is 0 Å². The molecule has 0 aliphatic carbocycles. The lowest BCUT2D eigenvalue weighted by molar-refractivity contribution is 0.0259. The molecule has 4 N–H and O–H groups in total. The van der Waals surface area contributed by atoms with Gasteiger partial charge in [-0.25, -0.2) is 4.79 Å². The summed E-state index contributed by atoms with van der Waals surface area (Å²) >= 11 is 0. The van der Waals surface area contributed by atoms with Gasteiger partial charge in [-0.3, -0.25) is 0 Å². The van der Waals surface area contributed by atoms with Gasteiger partial charge in [0.05, 0.1) is 30.9 Å². The minimum atomic E-state index is -0.995. The Kier molecular flexibility index (Phi) is 8.43. The Balaban J connectivity index is 1.52. The van der Waals surface area contributed by atoms with Gasteiger partial charge in [0.15, 0.2) is 0 Å². The molecule has 0 saturated heterocycles. The Labute approximate surface area is 221 Å². The van der Waals surface area contributed by atoms with Crippen molar-refractivity contribution in [1.82, 2.24) is 4.57 Å². The van der Waals surface area contributed by atoms with Crippen LogP contribution in [0.4, 0.5) is 0 Å². The van der Waals surface area contributed by atoms with Gasteiger partial charge < -0.3 is 34.5 Å². The van der Waals surface area contributed by atoms with Crippen molar-refractivity contribution < 1.29 is 34.7 Å². The zero-order valence-corrected chi connectivity index (χ0v) is 21.6. The van der Waals surface area contributed by atoms with Crippen LogP contribution in [0.1, 0.15) is 46.8 Å². The molecule has 1 unspecified atom stereocenters. The monoisotopic (exact) mass is 519 g/mol. The lowest BCUT2D eigenvalue weighted by atomic mass is 10.0. The van der Waals surface area contributed by atoms with E-state index < -0.39 is 12.1 Å². The van der Waals surface area contributed by atoms with Crippen molar-refractivity contribution in [3.8, 4) is 23.0 Å². The van der Waals surface area contributed by atoms with Crippen LogP contribution in [0.3, 0.4) is 0 Å². The number of aromatic hydroxyl groups is 3. The van der Waals surface area contributed by atoms with E-state index >= 15 is 0 Å². The predicted molar refractivity (Wildman–Crippen MR) is 144 cm³/mol. The van der Waals surface area contributed by atoms with Crippen LogP contribution < -0.4 is 4.74 Å². The molecule has 1 atom stereocenters. The Morgan fingerprint density at radius 2 is 1.79 bits per heavy atom. The number of phenols is 3. The van der Waals surface area contributed by atoms with Gasteiger partial charge in [-0.05, 0) is 72.5 Å². The van der Waals surface area contributed by atoms with E-state index in [2.05, 4.69) is 6.92 Å². The van der Waals surface area contributed by atoms with Crippen LogP contribution in [0.2, 0.25) is 0 Å². The second-order valence-corrected chi connectivity index (χ2v) is 9.39. The molecule has 8 nitrogen and oxygen atoms in total. The highest BCUT2D eigenvalue weighted by molar-refractivity contribution is 5.90. The van der Waals surface area contributed by atoms with E-state index in [0.717, 1.165) is 35.9 Å². The van der Waals surface area contributed by atoms with Crippen molar-refractivity contribution >= 4 is 16.9 Å². The van der Waals surface area contributed by atoms with Gasteiger partial charge >= 0.3 is 5.97 Å². The van der Waals surface area contributed by atoms with E-state index in [-0.39, 0.29) is 36.8 Å². The summed E-state index contributed by atoms with van der Waals surface area (Å²) in [5, 5.41) is 42.7. The van der Waals surface area contributed by atoms with Crippen LogP contribution in [0.25, 0.3) is 10.9 Å². The molecule has 0 spiro atoms. The number of unbranched alkanes of at least 4 members (excludes halogenated alkanes) is 1. The average Bonchev–Trinajstić information content (AvgIpc) is 3.23. The fourth-order valence-electron chi connectivity index (χ4n) is 4.53. The molecule has 4 rings (SSSR count). The third kappa shape index (κ3) is 6.20. The average molecular weight is 520 g/mol. The molecule has 8 heteroatoms. The molecule has 0 aliphatic heterocycles. The summed E-state index contributed by atoms with van der Waals surface area (Å²) in [6, 6.07) is 14.8. The van der Waals surface area contributed by atoms with Gasteiger partial charge in [-0.1, -0.05) is 19.4 Å². The third-order valence-electron chi connectivity index (χ3n) is 6.53. The first-order chi connectivity index (χ1) is 18.3. The Morgan fingerprint density at radius 3 is 2.50 bits per heavy atom. The number of aryl methyl sites for hydroxylation is 1. The maximum Gasteiger partial charge on any atom is 0.338 e. The number of ether oxygens (including phenoxy) is 2. The number of methoxy groups -OCH3 is 1. The smallest absolute Gasteiger partial charge is 0.338 e. The van der Waals surface area contributed by atoms with Crippen molar-refractivity contribution in [2.45, 2.75) is 45.3 Å². The van der Waals surface area contributed by atoms with Crippen molar-refractivity contribution in [2.24, 2.45) is 0 Å². The zero-order valence-electron chi connectivity index (χ0n) is 21.6. The molecule has 0 saturated carbocycles. The van der Waals surface area contributed by atoms with Gasteiger partial charge in [0.25, 0.3) is 0 Å². The van der Waals surface area contributed by atoms with Gasteiger partial charge in [-0.2, -0.15) is 0 Å². The Morgan fingerprint density at radius 1 is 1.03 bits per heavy atom. The number of aliphatic hydroxyl groups excluding tert-OH is 1. The number of aliphatic hydroxyl groups is 1. The molecule has 0 amide bonds. The molecular formula is C30H33NO7. The Hall–Kier alpha value is -4.17. The maximum atomic E-state index is 12.4. The van der Waals surface area contributed by atoms with E-state index in [9.17, 15) is 25.2 Å². The number of hydrogen-bond donors (Lipinski definition) is 4. The SMILES string of the molecule is CCCCc1cc(O)c(Cn2cc(CC(O)COC(=O)c3cccc(OC)c3)c3cc(O)ccc32)c(O)c1. The van der Waals surface area contributed by atoms with Crippen molar-refractivity contribution in [3.05, 3.63) is 83.0 Å². The lowest BCUT2D eigenvalue weighted by Gasteiger charge is -2.12. The van der Waals surface area contributed by atoms with E-state index in [1.807, 2.05) is 4.57 Å². The zero-order chi connectivity index (χ0) is 27.2. The minimum Gasteiger partial charge on any atom is -0.508 e. The third-order valence-corrected chi connectivity index (χ3v) is 6.53. The van der Waals surface area contributed by atoms with E-state index in [4.69, 9.17) is 9.47 Å². The summed E-state index contributed by atoms with van der Waals surface area (Å²) in [5.41, 5.74) is 3.06. The first-order valence-corrected chi connectivity index (χ1v) is 12.6. The number of carbonyl (C=O) groups excluding carboxylic acids is 1. The second kappa shape index (κ2) is 11.9. The van der Waals surface area contributed by atoms with Gasteiger partial charge in [0.2, 0.25) is 0 Å². The summed E-state index contributed by atoms with van der Waals surface area (Å²) in [5.74, 6) is 0.0589. The maximum absolute atomic E-state index is 12.4. The van der Waals surface area contributed by atoms with Crippen molar-refractivity contribution in [1.29, 1.82) is 0 Å². The summed E-state index contributed by atoms with van der Waals surface area (Å²) in [7, 11) is 1.51. The van der Waals surface area contributed by atoms with Crippen LogP contribution in [-0.4, -0.2) is 50.8 Å². The molecular weight excluding hydrogens is 486 g/mol. The second-order valence-electron chi connectivity index (χ2n) is 9.39. The molecule has 0 radical (unpaired) electrons. The highest BCUT2D eigenvalue weighted by Gasteiger charge is 2.18. The van der Waals surface area contributed by atoms with Crippen LogP contribution in [0, 0.1) is 0 Å². The van der Waals surface area contributed by atoms with Crippen LogP contribution in [0.5, 0.6) is 23.0 Å². The van der Waals surface area contributed by atoms with E-state index in [0.29, 0.717) is 22.3 Å². The number of hydrogen-bond acceptors (Lipinski definition) is 7. The number of nitrogens with zero attached hydrogens (tertiary/aromatic N) is 1.